The molecule has 1 aromatic heterocycles. The Balaban J connectivity index is 1.69. The normalized spacial score (nSPS) is 25.8. The average molecular weight is 291 g/mol. The van der Waals surface area contributed by atoms with E-state index in [2.05, 4.69) is 9.97 Å². The summed E-state index contributed by atoms with van der Waals surface area (Å²) < 4.78 is 0. The molecule has 1 atom stereocenters. The highest BCUT2D eigenvalue weighted by molar-refractivity contribution is 5.77. The van der Waals surface area contributed by atoms with Crippen LogP contribution in [0.25, 0.3) is 0 Å². The summed E-state index contributed by atoms with van der Waals surface area (Å²) in [7, 11) is 0. The van der Waals surface area contributed by atoms with Crippen LogP contribution in [0.4, 0.5) is 0 Å². The highest BCUT2D eigenvalue weighted by Gasteiger charge is 2.36. The van der Waals surface area contributed by atoms with Crippen LogP contribution >= 0.6 is 0 Å². The molecule has 0 spiro atoms. The van der Waals surface area contributed by atoms with E-state index in [1.807, 2.05) is 4.90 Å². The van der Waals surface area contributed by atoms with Crippen molar-refractivity contribution in [2.45, 2.75) is 69.4 Å². The lowest BCUT2D eigenvalue weighted by Gasteiger charge is -2.38. The monoisotopic (exact) mass is 291 g/mol. The molecule has 1 unspecified atom stereocenters. The number of hydrogen-bond donors (Lipinski definition) is 2. The minimum absolute atomic E-state index is 0.0495. The van der Waals surface area contributed by atoms with Crippen molar-refractivity contribution in [3.63, 3.8) is 0 Å². The van der Waals surface area contributed by atoms with Gasteiger partial charge in [-0.2, -0.15) is 0 Å². The van der Waals surface area contributed by atoms with E-state index in [0.29, 0.717) is 0 Å². The van der Waals surface area contributed by atoms with E-state index in [1.165, 1.54) is 6.42 Å². The third-order valence-corrected chi connectivity index (χ3v) is 4.92. The van der Waals surface area contributed by atoms with Crippen LogP contribution < -0.4 is 0 Å². The molecule has 2 N–H and O–H groups in total. The standard InChI is InChI=1S/C16H25N3O2/c20-14(12-16(21)7-3-1-4-8-16)19-11-5-2-6-13(19)15-17-9-10-18-15/h9-10,13,21H,1-8,11-12H2,(H,17,18). The van der Waals surface area contributed by atoms with Crippen LogP contribution in [0.5, 0.6) is 0 Å². The van der Waals surface area contributed by atoms with Crippen molar-refractivity contribution in [1.82, 2.24) is 14.9 Å². The number of carbonyl (C=O) groups is 1. The molecule has 1 amide bonds. The summed E-state index contributed by atoms with van der Waals surface area (Å²) >= 11 is 0. The molecule has 116 valence electrons. The molecule has 2 aliphatic rings. The molecule has 3 rings (SSSR count). The zero-order chi connectivity index (χ0) is 14.7. The molecule has 1 saturated heterocycles. The fraction of sp³-hybridized carbons (Fsp3) is 0.750. The van der Waals surface area contributed by atoms with Gasteiger partial charge >= 0.3 is 0 Å². The lowest BCUT2D eigenvalue weighted by molar-refractivity contribution is -0.141. The summed E-state index contributed by atoms with van der Waals surface area (Å²) in [4.78, 5) is 22.1. The fourth-order valence-electron chi connectivity index (χ4n) is 3.74. The Labute approximate surface area is 125 Å². The molecule has 2 heterocycles. The van der Waals surface area contributed by atoms with Crippen LogP contribution in [-0.4, -0.2) is 38.0 Å². The Kier molecular flexibility index (Phi) is 4.29. The number of nitrogens with zero attached hydrogens (tertiary/aromatic N) is 2. The second kappa shape index (κ2) is 6.18. The average Bonchev–Trinajstić information content (AvgIpc) is 3.01. The smallest absolute Gasteiger partial charge is 0.226 e. The molecular formula is C16H25N3O2. The topological polar surface area (TPSA) is 69.2 Å². The zero-order valence-corrected chi connectivity index (χ0v) is 12.6. The molecule has 21 heavy (non-hydrogen) atoms. The highest BCUT2D eigenvalue weighted by atomic mass is 16.3. The molecule has 0 bridgehead atoms. The maximum Gasteiger partial charge on any atom is 0.226 e. The summed E-state index contributed by atoms with van der Waals surface area (Å²) in [6.07, 6.45) is 11.7. The first-order valence-corrected chi connectivity index (χ1v) is 8.19. The molecule has 1 aromatic rings. The second-order valence-electron chi connectivity index (χ2n) is 6.53. The van der Waals surface area contributed by atoms with Gasteiger partial charge in [0.15, 0.2) is 0 Å². The first-order valence-electron chi connectivity index (χ1n) is 8.19. The number of likely N-dealkylation sites (tertiary alicyclic amines) is 1. The lowest BCUT2D eigenvalue weighted by Crippen LogP contribution is -2.44. The largest absolute Gasteiger partial charge is 0.389 e. The van der Waals surface area contributed by atoms with Crippen LogP contribution in [0.3, 0.4) is 0 Å². The number of rotatable bonds is 3. The quantitative estimate of drug-likeness (QED) is 0.899. The minimum Gasteiger partial charge on any atom is -0.389 e. The predicted octanol–water partition coefficient (Wildman–Crippen LogP) is 2.55. The lowest BCUT2D eigenvalue weighted by atomic mass is 9.82. The number of H-pyrrole nitrogens is 1. The molecule has 0 radical (unpaired) electrons. The highest BCUT2D eigenvalue weighted by Crippen LogP contribution is 2.34. The number of nitrogens with one attached hydrogen (secondary N) is 1. The van der Waals surface area contributed by atoms with Crippen LogP contribution in [0, 0.1) is 0 Å². The van der Waals surface area contributed by atoms with Crippen LogP contribution in [0.2, 0.25) is 0 Å². The van der Waals surface area contributed by atoms with Crippen molar-refractivity contribution < 1.29 is 9.90 Å². The van der Waals surface area contributed by atoms with E-state index in [0.717, 1.165) is 57.3 Å². The summed E-state index contributed by atoms with van der Waals surface area (Å²) in [5, 5.41) is 10.6. The van der Waals surface area contributed by atoms with Crippen LogP contribution in [-0.2, 0) is 4.79 Å². The molecule has 1 saturated carbocycles. The first kappa shape index (κ1) is 14.6. The minimum atomic E-state index is -0.777. The van der Waals surface area contributed by atoms with Gasteiger partial charge in [-0.25, -0.2) is 4.98 Å². The number of aromatic amines is 1. The van der Waals surface area contributed by atoms with Gasteiger partial charge in [-0.15, -0.1) is 0 Å². The Bertz CT molecular complexity index is 466. The predicted molar refractivity (Wildman–Crippen MR) is 79.5 cm³/mol. The van der Waals surface area contributed by atoms with Gasteiger partial charge in [-0.1, -0.05) is 19.3 Å². The first-order chi connectivity index (χ1) is 10.2. The maximum absolute atomic E-state index is 12.7. The zero-order valence-electron chi connectivity index (χ0n) is 12.6. The number of piperidine rings is 1. The summed E-state index contributed by atoms with van der Waals surface area (Å²) in [6.45, 7) is 0.778. The van der Waals surface area contributed by atoms with Gasteiger partial charge in [0, 0.05) is 18.9 Å². The van der Waals surface area contributed by atoms with Crippen LogP contribution in [0.1, 0.15) is 69.7 Å². The summed E-state index contributed by atoms with van der Waals surface area (Å²) in [6, 6.07) is 0.0495. The van der Waals surface area contributed by atoms with E-state index < -0.39 is 5.60 Å². The number of amides is 1. The third kappa shape index (κ3) is 3.28. The van der Waals surface area contributed by atoms with Crippen molar-refractivity contribution in [3.05, 3.63) is 18.2 Å². The number of aromatic nitrogens is 2. The van der Waals surface area contributed by atoms with Gasteiger partial charge in [-0.3, -0.25) is 4.79 Å². The van der Waals surface area contributed by atoms with Gasteiger partial charge in [0.05, 0.1) is 18.1 Å². The van der Waals surface area contributed by atoms with E-state index in [9.17, 15) is 9.90 Å². The molecule has 5 heteroatoms. The van der Waals surface area contributed by atoms with Crippen molar-refractivity contribution in [3.8, 4) is 0 Å². The van der Waals surface area contributed by atoms with Crippen LogP contribution in [0.15, 0.2) is 12.4 Å². The van der Waals surface area contributed by atoms with Gasteiger partial charge in [0.25, 0.3) is 0 Å². The van der Waals surface area contributed by atoms with E-state index in [-0.39, 0.29) is 18.4 Å². The molecule has 0 aromatic carbocycles. The van der Waals surface area contributed by atoms with Gasteiger partial charge < -0.3 is 15.0 Å². The van der Waals surface area contributed by atoms with Gasteiger partial charge in [0.1, 0.15) is 5.82 Å². The van der Waals surface area contributed by atoms with Crippen molar-refractivity contribution in [2.75, 3.05) is 6.54 Å². The van der Waals surface area contributed by atoms with Crippen molar-refractivity contribution in [1.29, 1.82) is 0 Å². The number of imidazole rings is 1. The molecule has 5 nitrogen and oxygen atoms in total. The SMILES string of the molecule is O=C(CC1(O)CCCCC1)N1CCCCC1c1ncc[nH]1. The fourth-order valence-corrected chi connectivity index (χ4v) is 3.74. The van der Waals surface area contributed by atoms with Crippen molar-refractivity contribution in [2.24, 2.45) is 0 Å². The molecular weight excluding hydrogens is 266 g/mol. The summed E-state index contributed by atoms with van der Waals surface area (Å²) in [5.74, 6) is 0.958. The second-order valence-corrected chi connectivity index (χ2v) is 6.53. The third-order valence-electron chi connectivity index (χ3n) is 4.92. The molecule has 2 fully saturated rings. The Hall–Kier alpha value is -1.36. The number of carbonyl (C=O) groups excluding carboxylic acids is 1. The molecule has 1 aliphatic carbocycles. The Morgan fingerprint density at radius 2 is 2.14 bits per heavy atom. The van der Waals surface area contributed by atoms with E-state index in [1.54, 1.807) is 12.4 Å². The Morgan fingerprint density at radius 1 is 1.33 bits per heavy atom. The van der Waals surface area contributed by atoms with Gasteiger partial charge in [0.2, 0.25) is 5.91 Å². The van der Waals surface area contributed by atoms with E-state index >= 15 is 0 Å². The van der Waals surface area contributed by atoms with E-state index in [4.69, 9.17) is 0 Å². The van der Waals surface area contributed by atoms with Gasteiger partial charge in [-0.05, 0) is 32.1 Å². The number of aliphatic hydroxyl groups is 1. The molecule has 1 aliphatic heterocycles. The van der Waals surface area contributed by atoms with Crippen molar-refractivity contribution >= 4 is 5.91 Å². The summed E-state index contributed by atoms with van der Waals surface area (Å²) in [5.41, 5.74) is -0.777. The Morgan fingerprint density at radius 3 is 2.86 bits per heavy atom. The number of hydrogen-bond acceptors (Lipinski definition) is 3. The maximum atomic E-state index is 12.7.